The highest BCUT2D eigenvalue weighted by atomic mass is 35.5. The Morgan fingerprint density at radius 1 is 0.844 bits per heavy atom. The molecular formula is C31H36Cl3N3O7S. The highest BCUT2D eigenvalue weighted by molar-refractivity contribution is 7.92. The van der Waals surface area contributed by atoms with Crippen LogP contribution in [0.1, 0.15) is 32.8 Å². The lowest BCUT2D eigenvalue weighted by atomic mass is 10.1. The van der Waals surface area contributed by atoms with Gasteiger partial charge in [0.05, 0.1) is 42.0 Å². The van der Waals surface area contributed by atoms with E-state index >= 15 is 0 Å². The van der Waals surface area contributed by atoms with E-state index in [0.29, 0.717) is 16.3 Å². The molecule has 10 nitrogen and oxygen atoms in total. The molecule has 0 unspecified atom stereocenters. The maximum absolute atomic E-state index is 14.3. The smallest absolute Gasteiger partial charge is 0.265 e. The fourth-order valence-corrected chi connectivity index (χ4v) is 6.53. The summed E-state index contributed by atoms with van der Waals surface area (Å²) in [7, 11) is -0.298. The summed E-state index contributed by atoms with van der Waals surface area (Å²) in [6, 6.07) is 12.2. The monoisotopic (exact) mass is 699 g/mol. The molecule has 0 aliphatic heterocycles. The predicted molar refractivity (Wildman–Crippen MR) is 176 cm³/mol. The number of halogens is 3. The van der Waals surface area contributed by atoms with Crippen molar-refractivity contribution in [3.8, 4) is 17.2 Å². The van der Waals surface area contributed by atoms with Crippen molar-refractivity contribution in [3.63, 3.8) is 0 Å². The Bertz CT molecular complexity index is 1640. The number of carbonyl (C=O) groups excluding carboxylic acids is 2. The van der Waals surface area contributed by atoms with E-state index in [1.54, 1.807) is 39.0 Å². The SMILES string of the molecule is CC[C@H](C(=O)NC(C)C)N(Cc1ccc(Cl)c(Cl)c1)C(=O)CN(c1cc(Cl)ccc1OC)S(=O)(=O)c1ccc(OC)c(OC)c1. The number of hydrogen-bond donors (Lipinski definition) is 1. The van der Waals surface area contributed by atoms with E-state index in [1.807, 2.05) is 0 Å². The molecule has 0 fully saturated rings. The minimum atomic E-state index is -4.47. The lowest BCUT2D eigenvalue weighted by Gasteiger charge is -2.34. The lowest BCUT2D eigenvalue weighted by Crippen LogP contribution is -2.53. The number of nitrogens with zero attached hydrogens (tertiary/aromatic N) is 2. The van der Waals surface area contributed by atoms with E-state index in [9.17, 15) is 18.0 Å². The molecule has 3 aromatic rings. The number of rotatable bonds is 14. The van der Waals surface area contributed by atoms with Crippen LogP contribution in [0.15, 0.2) is 59.5 Å². The van der Waals surface area contributed by atoms with Gasteiger partial charge in [-0.25, -0.2) is 8.42 Å². The molecule has 0 aliphatic carbocycles. The molecule has 0 bridgehead atoms. The van der Waals surface area contributed by atoms with Crippen molar-refractivity contribution < 1.29 is 32.2 Å². The Morgan fingerprint density at radius 2 is 1.49 bits per heavy atom. The summed E-state index contributed by atoms with van der Waals surface area (Å²) in [6.07, 6.45) is 0.245. The van der Waals surface area contributed by atoms with Crippen LogP contribution in [-0.4, -0.2) is 65.1 Å². The Hall–Kier alpha value is -3.38. The molecule has 244 valence electrons. The molecule has 0 radical (unpaired) electrons. The van der Waals surface area contributed by atoms with Gasteiger partial charge in [-0.15, -0.1) is 0 Å². The second-order valence-corrected chi connectivity index (χ2v) is 13.3. The van der Waals surface area contributed by atoms with Crippen LogP contribution in [0.2, 0.25) is 15.1 Å². The number of methoxy groups -OCH3 is 3. The second-order valence-electron chi connectivity index (χ2n) is 10.2. The highest BCUT2D eigenvalue weighted by Crippen LogP contribution is 2.37. The molecule has 0 heterocycles. The van der Waals surface area contributed by atoms with Crippen LogP contribution < -0.4 is 23.8 Å². The number of amides is 2. The Labute approximate surface area is 279 Å². The van der Waals surface area contributed by atoms with Crippen LogP contribution in [0.25, 0.3) is 0 Å². The average molecular weight is 701 g/mol. The Morgan fingerprint density at radius 3 is 2.07 bits per heavy atom. The molecular weight excluding hydrogens is 665 g/mol. The molecule has 3 aromatic carbocycles. The van der Waals surface area contributed by atoms with E-state index in [4.69, 9.17) is 49.0 Å². The molecule has 0 aliphatic rings. The van der Waals surface area contributed by atoms with Crippen LogP contribution in [0.4, 0.5) is 5.69 Å². The van der Waals surface area contributed by atoms with Crippen LogP contribution in [0, 0.1) is 0 Å². The summed E-state index contributed by atoms with van der Waals surface area (Å²) in [5.74, 6) is -0.431. The van der Waals surface area contributed by atoms with Crippen molar-refractivity contribution in [1.82, 2.24) is 10.2 Å². The molecule has 0 spiro atoms. The van der Waals surface area contributed by atoms with Gasteiger partial charge in [0.25, 0.3) is 10.0 Å². The molecule has 3 rings (SSSR count). The van der Waals surface area contributed by atoms with Gasteiger partial charge in [-0.1, -0.05) is 47.8 Å². The van der Waals surface area contributed by atoms with Crippen LogP contribution in [0.3, 0.4) is 0 Å². The molecule has 1 atom stereocenters. The van der Waals surface area contributed by atoms with Crippen molar-refractivity contribution >= 4 is 62.3 Å². The largest absolute Gasteiger partial charge is 0.495 e. The average Bonchev–Trinajstić information content (AvgIpc) is 3.00. The molecule has 14 heteroatoms. The predicted octanol–water partition coefficient (Wildman–Crippen LogP) is 6.20. The van der Waals surface area contributed by atoms with E-state index in [0.717, 1.165) is 4.31 Å². The van der Waals surface area contributed by atoms with Crippen LogP contribution >= 0.6 is 34.8 Å². The maximum Gasteiger partial charge on any atom is 0.265 e. The van der Waals surface area contributed by atoms with E-state index in [-0.39, 0.29) is 51.1 Å². The quantitative estimate of drug-likeness (QED) is 0.213. The zero-order valence-corrected chi connectivity index (χ0v) is 28.9. The first-order valence-corrected chi connectivity index (χ1v) is 16.5. The molecule has 0 saturated carbocycles. The minimum Gasteiger partial charge on any atom is -0.495 e. The van der Waals surface area contributed by atoms with Crippen molar-refractivity contribution in [2.24, 2.45) is 0 Å². The van der Waals surface area contributed by atoms with Crippen molar-refractivity contribution in [3.05, 3.63) is 75.2 Å². The van der Waals surface area contributed by atoms with Gasteiger partial charge in [-0.2, -0.15) is 0 Å². The minimum absolute atomic E-state index is 0.0160. The fraction of sp³-hybridized carbons (Fsp3) is 0.355. The fourth-order valence-electron chi connectivity index (χ4n) is 4.61. The molecule has 45 heavy (non-hydrogen) atoms. The highest BCUT2D eigenvalue weighted by Gasteiger charge is 2.35. The number of hydrogen-bond acceptors (Lipinski definition) is 7. The Balaban J connectivity index is 2.19. The van der Waals surface area contributed by atoms with Gasteiger partial charge in [0.2, 0.25) is 11.8 Å². The van der Waals surface area contributed by atoms with Gasteiger partial charge in [0.15, 0.2) is 11.5 Å². The van der Waals surface area contributed by atoms with Crippen LogP contribution in [0.5, 0.6) is 17.2 Å². The van der Waals surface area contributed by atoms with Gasteiger partial charge >= 0.3 is 0 Å². The zero-order valence-electron chi connectivity index (χ0n) is 25.8. The molecule has 1 N–H and O–H groups in total. The third kappa shape index (κ3) is 8.66. The summed E-state index contributed by atoms with van der Waals surface area (Å²) in [5.41, 5.74) is 0.602. The normalized spacial score (nSPS) is 12.0. The number of benzene rings is 3. The van der Waals surface area contributed by atoms with Gasteiger partial charge in [-0.3, -0.25) is 13.9 Å². The van der Waals surface area contributed by atoms with Gasteiger partial charge in [0.1, 0.15) is 18.3 Å². The summed E-state index contributed by atoms with van der Waals surface area (Å²) < 4.78 is 45.7. The number of anilines is 1. The zero-order chi connectivity index (χ0) is 33.5. The number of carbonyl (C=O) groups is 2. The topological polar surface area (TPSA) is 114 Å². The third-order valence-electron chi connectivity index (χ3n) is 6.79. The van der Waals surface area contributed by atoms with Gasteiger partial charge in [-0.05, 0) is 68.3 Å². The van der Waals surface area contributed by atoms with E-state index in [1.165, 1.54) is 62.6 Å². The van der Waals surface area contributed by atoms with Gasteiger partial charge in [0, 0.05) is 23.7 Å². The first-order valence-electron chi connectivity index (χ1n) is 13.9. The van der Waals surface area contributed by atoms with E-state index < -0.39 is 34.4 Å². The first kappa shape index (κ1) is 36.1. The first-order chi connectivity index (χ1) is 21.3. The summed E-state index contributed by atoms with van der Waals surface area (Å²) in [4.78, 5) is 28.8. The Kier molecular flexibility index (Phi) is 12.6. The van der Waals surface area contributed by atoms with E-state index in [2.05, 4.69) is 5.32 Å². The second kappa shape index (κ2) is 15.8. The number of sulfonamides is 1. The molecule has 0 saturated heterocycles. The number of nitrogens with one attached hydrogen (secondary N) is 1. The van der Waals surface area contributed by atoms with Gasteiger partial charge < -0.3 is 24.4 Å². The van der Waals surface area contributed by atoms with Crippen molar-refractivity contribution in [2.45, 2.75) is 50.7 Å². The maximum atomic E-state index is 14.3. The van der Waals surface area contributed by atoms with Crippen LogP contribution in [-0.2, 0) is 26.2 Å². The summed E-state index contributed by atoms with van der Waals surface area (Å²) >= 11 is 18.7. The standard InChI is InChI=1S/C31H36Cl3N3O7S/c1-7-25(31(39)35-19(2)3)36(17-20-8-11-23(33)24(34)14-20)30(38)18-37(26-15-21(32)9-12-27(26)42-4)45(40,41)22-10-13-28(43-5)29(16-22)44-6/h8-16,19,25H,7,17-18H2,1-6H3,(H,35,39)/t25-/m1/s1. The summed E-state index contributed by atoms with van der Waals surface area (Å²) in [6.45, 7) is 4.60. The molecule has 2 amide bonds. The third-order valence-corrected chi connectivity index (χ3v) is 9.52. The molecule has 0 aromatic heterocycles. The summed E-state index contributed by atoms with van der Waals surface area (Å²) in [5, 5.41) is 3.65. The number of ether oxygens (including phenoxy) is 3. The van der Waals surface area contributed by atoms with Crippen molar-refractivity contribution in [2.75, 3.05) is 32.2 Å². The lowest BCUT2D eigenvalue weighted by molar-refractivity contribution is -0.140. The van der Waals surface area contributed by atoms with Crippen molar-refractivity contribution in [1.29, 1.82) is 0 Å².